The molecule has 0 spiro atoms. The van der Waals surface area contributed by atoms with Gasteiger partial charge < -0.3 is 15.4 Å². The van der Waals surface area contributed by atoms with E-state index in [-0.39, 0.29) is 13.2 Å². The Morgan fingerprint density at radius 1 is 1.43 bits per heavy atom. The summed E-state index contributed by atoms with van der Waals surface area (Å²) in [6, 6.07) is 5.28. The van der Waals surface area contributed by atoms with Gasteiger partial charge in [-0.2, -0.15) is 0 Å². The van der Waals surface area contributed by atoms with E-state index in [9.17, 15) is 9.90 Å². The van der Waals surface area contributed by atoms with Gasteiger partial charge in [-0.05, 0) is 17.7 Å². The highest BCUT2D eigenvalue weighted by molar-refractivity contribution is 7.98. The lowest BCUT2D eigenvalue weighted by molar-refractivity contribution is -0.118. The van der Waals surface area contributed by atoms with Crippen molar-refractivity contribution in [2.45, 2.75) is 24.1 Å². The van der Waals surface area contributed by atoms with Crippen LogP contribution in [-0.4, -0.2) is 20.6 Å². The highest BCUT2D eigenvalue weighted by Crippen LogP contribution is 2.28. The second kappa shape index (κ2) is 7.17. The SMILES string of the molecule is NC(=O)Cn1c(CO)cnc1SCc1ccc(Cl)cc1Cl. The van der Waals surface area contributed by atoms with Crippen molar-refractivity contribution >= 4 is 40.9 Å². The molecule has 0 radical (unpaired) electrons. The number of imidazole rings is 1. The minimum atomic E-state index is -0.492. The molecule has 1 amide bonds. The van der Waals surface area contributed by atoms with Crippen LogP contribution in [0.2, 0.25) is 10.0 Å². The number of aliphatic hydroxyl groups excluding tert-OH is 1. The number of rotatable bonds is 6. The Morgan fingerprint density at radius 3 is 2.81 bits per heavy atom. The highest BCUT2D eigenvalue weighted by Gasteiger charge is 2.13. The first-order valence-corrected chi connectivity index (χ1v) is 7.75. The van der Waals surface area contributed by atoms with Gasteiger partial charge in [0.05, 0.1) is 18.5 Å². The third-order valence-electron chi connectivity index (χ3n) is 2.75. The molecule has 0 fully saturated rings. The van der Waals surface area contributed by atoms with Crippen molar-refractivity contribution in [2.75, 3.05) is 0 Å². The van der Waals surface area contributed by atoms with E-state index < -0.39 is 5.91 Å². The van der Waals surface area contributed by atoms with Gasteiger partial charge in [0, 0.05) is 15.8 Å². The number of hydrogen-bond acceptors (Lipinski definition) is 4. The van der Waals surface area contributed by atoms with Crippen LogP contribution in [0.4, 0.5) is 0 Å². The van der Waals surface area contributed by atoms with Crippen LogP contribution in [0.5, 0.6) is 0 Å². The van der Waals surface area contributed by atoms with Crippen LogP contribution in [0.1, 0.15) is 11.3 Å². The topological polar surface area (TPSA) is 81.1 Å². The molecule has 0 aliphatic carbocycles. The number of halogens is 2. The first kappa shape index (κ1) is 16.2. The zero-order valence-electron chi connectivity index (χ0n) is 10.9. The molecule has 3 N–H and O–H groups in total. The molecule has 0 bridgehead atoms. The van der Waals surface area contributed by atoms with Crippen molar-refractivity contribution in [3.8, 4) is 0 Å². The second-order valence-electron chi connectivity index (χ2n) is 4.27. The average Bonchev–Trinajstić information content (AvgIpc) is 2.79. The Balaban J connectivity index is 2.16. The van der Waals surface area contributed by atoms with E-state index in [4.69, 9.17) is 28.9 Å². The number of nitrogens with zero attached hydrogens (tertiary/aromatic N) is 2. The summed E-state index contributed by atoms with van der Waals surface area (Å²) >= 11 is 13.4. The quantitative estimate of drug-likeness (QED) is 0.788. The molecule has 5 nitrogen and oxygen atoms in total. The zero-order chi connectivity index (χ0) is 15.4. The van der Waals surface area contributed by atoms with E-state index in [1.807, 2.05) is 6.07 Å². The maximum atomic E-state index is 11.1. The number of carbonyl (C=O) groups is 1. The lowest BCUT2D eigenvalue weighted by Crippen LogP contribution is -2.20. The van der Waals surface area contributed by atoms with Crippen LogP contribution in [0.25, 0.3) is 0 Å². The first-order chi connectivity index (χ1) is 10.0. The number of carbonyl (C=O) groups excluding carboxylic acids is 1. The number of amides is 1. The van der Waals surface area contributed by atoms with E-state index in [1.54, 1.807) is 16.7 Å². The number of nitrogens with two attached hydrogens (primary N) is 1. The molecule has 0 aliphatic heterocycles. The number of hydrogen-bond donors (Lipinski definition) is 2. The van der Waals surface area contributed by atoms with Crippen LogP contribution in [0, 0.1) is 0 Å². The molecular weight excluding hydrogens is 333 g/mol. The minimum Gasteiger partial charge on any atom is -0.390 e. The Bertz CT molecular complexity index is 661. The summed E-state index contributed by atoms with van der Waals surface area (Å²) in [5.41, 5.74) is 6.66. The molecule has 2 aromatic rings. The van der Waals surface area contributed by atoms with Crippen LogP contribution in [0.3, 0.4) is 0 Å². The monoisotopic (exact) mass is 345 g/mol. The largest absolute Gasteiger partial charge is 0.390 e. The van der Waals surface area contributed by atoms with Crippen LogP contribution in [0.15, 0.2) is 29.6 Å². The van der Waals surface area contributed by atoms with Crippen molar-refractivity contribution in [3.05, 3.63) is 45.7 Å². The van der Waals surface area contributed by atoms with Gasteiger partial charge in [-0.25, -0.2) is 4.98 Å². The standard InChI is InChI=1S/C13H13Cl2N3O2S/c14-9-2-1-8(11(15)3-9)7-21-13-17-4-10(6-19)18(13)5-12(16)20/h1-4,19H,5-7H2,(H2,16,20). The molecule has 2 rings (SSSR count). The van der Waals surface area contributed by atoms with E-state index in [1.165, 1.54) is 18.0 Å². The number of aromatic nitrogens is 2. The summed E-state index contributed by atoms with van der Waals surface area (Å²) in [6.07, 6.45) is 1.52. The second-order valence-corrected chi connectivity index (χ2v) is 6.05. The van der Waals surface area contributed by atoms with Gasteiger partial charge in [-0.3, -0.25) is 4.79 Å². The Kier molecular flexibility index (Phi) is 5.52. The fraction of sp³-hybridized carbons (Fsp3) is 0.231. The number of thioether (sulfide) groups is 1. The summed E-state index contributed by atoms with van der Waals surface area (Å²) in [4.78, 5) is 15.3. The Labute approximate surface area is 136 Å². The fourth-order valence-electron chi connectivity index (χ4n) is 1.74. The number of aliphatic hydroxyl groups is 1. The van der Waals surface area contributed by atoms with Crippen molar-refractivity contribution in [2.24, 2.45) is 5.73 Å². The third-order valence-corrected chi connectivity index (χ3v) is 4.38. The van der Waals surface area contributed by atoms with Gasteiger partial charge in [-0.1, -0.05) is 41.0 Å². The molecule has 1 heterocycles. The molecule has 1 aromatic heterocycles. The predicted molar refractivity (Wildman–Crippen MR) is 83.4 cm³/mol. The first-order valence-electron chi connectivity index (χ1n) is 6.01. The lowest BCUT2D eigenvalue weighted by Gasteiger charge is -2.09. The molecule has 0 unspecified atom stereocenters. The van der Waals surface area contributed by atoms with E-state index in [0.29, 0.717) is 26.6 Å². The normalized spacial score (nSPS) is 10.8. The Hall–Kier alpha value is -1.21. The fourth-order valence-corrected chi connectivity index (χ4v) is 3.30. The smallest absolute Gasteiger partial charge is 0.237 e. The van der Waals surface area contributed by atoms with E-state index >= 15 is 0 Å². The molecule has 21 heavy (non-hydrogen) atoms. The average molecular weight is 346 g/mol. The summed E-state index contributed by atoms with van der Waals surface area (Å²) in [5.74, 6) is 0.0745. The molecule has 0 aliphatic rings. The molecular formula is C13H13Cl2N3O2S. The van der Waals surface area contributed by atoms with Gasteiger partial charge in [0.25, 0.3) is 0 Å². The molecule has 8 heteroatoms. The summed E-state index contributed by atoms with van der Waals surface area (Å²) < 4.78 is 1.59. The molecule has 112 valence electrons. The molecule has 0 atom stereocenters. The summed E-state index contributed by atoms with van der Waals surface area (Å²) in [6.45, 7) is -0.227. The molecule has 0 saturated carbocycles. The van der Waals surface area contributed by atoms with E-state index in [2.05, 4.69) is 4.98 Å². The maximum Gasteiger partial charge on any atom is 0.237 e. The lowest BCUT2D eigenvalue weighted by atomic mass is 10.2. The van der Waals surface area contributed by atoms with Crippen molar-refractivity contribution < 1.29 is 9.90 Å². The number of primary amides is 1. The van der Waals surface area contributed by atoms with Gasteiger partial charge in [0.1, 0.15) is 6.54 Å². The molecule has 0 saturated heterocycles. The van der Waals surface area contributed by atoms with E-state index in [0.717, 1.165) is 5.56 Å². The zero-order valence-corrected chi connectivity index (χ0v) is 13.3. The summed E-state index contributed by atoms with van der Waals surface area (Å²) in [7, 11) is 0. The van der Waals surface area contributed by atoms with Crippen LogP contribution >= 0.6 is 35.0 Å². The maximum absolute atomic E-state index is 11.1. The summed E-state index contributed by atoms with van der Waals surface area (Å²) in [5, 5.41) is 11.0. The third kappa shape index (κ3) is 4.14. The highest BCUT2D eigenvalue weighted by atomic mass is 35.5. The minimum absolute atomic E-state index is 0.0213. The van der Waals surface area contributed by atoms with Crippen molar-refractivity contribution in [1.82, 2.24) is 9.55 Å². The van der Waals surface area contributed by atoms with Crippen molar-refractivity contribution in [1.29, 1.82) is 0 Å². The predicted octanol–water partition coefficient (Wildman–Crippen LogP) is 2.46. The Morgan fingerprint density at radius 2 is 2.19 bits per heavy atom. The number of benzene rings is 1. The van der Waals surface area contributed by atoms with Gasteiger partial charge >= 0.3 is 0 Å². The van der Waals surface area contributed by atoms with Gasteiger partial charge in [-0.15, -0.1) is 0 Å². The van der Waals surface area contributed by atoms with Crippen LogP contribution < -0.4 is 5.73 Å². The van der Waals surface area contributed by atoms with Gasteiger partial charge in [0.15, 0.2) is 5.16 Å². The van der Waals surface area contributed by atoms with Crippen LogP contribution in [-0.2, 0) is 23.7 Å². The molecule has 1 aromatic carbocycles. The van der Waals surface area contributed by atoms with Gasteiger partial charge in [0.2, 0.25) is 5.91 Å². The van der Waals surface area contributed by atoms with Crippen molar-refractivity contribution in [3.63, 3.8) is 0 Å².